The molecule has 0 bridgehead atoms. The molecule has 0 aliphatic carbocycles. The first-order valence-electron chi connectivity index (χ1n) is 9.13. The third-order valence-electron chi connectivity index (χ3n) is 4.34. The minimum absolute atomic E-state index is 0.112. The molecule has 0 unspecified atom stereocenters. The van der Waals surface area contributed by atoms with E-state index in [0.717, 1.165) is 23.5 Å². The number of H-pyrrole nitrogens is 1. The van der Waals surface area contributed by atoms with Crippen molar-refractivity contribution in [2.75, 3.05) is 17.7 Å². The molecule has 0 saturated carbocycles. The molecule has 0 amide bonds. The van der Waals surface area contributed by atoms with E-state index in [1.807, 2.05) is 17.5 Å². The lowest BCUT2D eigenvalue weighted by Gasteiger charge is -2.27. The monoisotopic (exact) mass is 417 g/mol. The molecule has 148 valence electrons. The Balaban J connectivity index is 2.06. The van der Waals surface area contributed by atoms with Gasteiger partial charge in [0.15, 0.2) is 5.16 Å². The summed E-state index contributed by atoms with van der Waals surface area (Å²) in [6, 6.07) is 3.82. The molecule has 1 aliphatic rings. The topological polar surface area (TPSA) is 84.1 Å². The molecule has 3 rings (SSSR count). The van der Waals surface area contributed by atoms with Crippen LogP contribution in [0.4, 0.5) is 5.82 Å². The minimum atomic E-state index is -0.514. The summed E-state index contributed by atoms with van der Waals surface area (Å²) in [6.45, 7) is 7.62. The normalized spacial score (nSPS) is 15.7. The molecule has 0 spiro atoms. The summed E-state index contributed by atoms with van der Waals surface area (Å²) in [5, 5.41) is 5.65. The first-order valence-corrected chi connectivity index (χ1v) is 11.0. The second kappa shape index (κ2) is 9.25. The van der Waals surface area contributed by atoms with Crippen molar-refractivity contribution in [3.63, 3.8) is 0 Å². The molecule has 0 aromatic carbocycles. The number of aromatic amines is 1. The third-order valence-corrected chi connectivity index (χ3v) is 6.23. The van der Waals surface area contributed by atoms with E-state index in [4.69, 9.17) is 4.74 Å². The molecule has 0 fully saturated rings. The molecule has 2 N–H and O–H groups in total. The number of fused-ring (bicyclic) bond motifs is 1. The maximum atomic E-state index is 13.0. The lowest BCUT2D eigenvalue weighted by molar-refractivity contribution is -0.138. The van der Waals surface area contributed by atoms with Gasteiger partial charge in [0, 0.05) is 16.3 Å². The third kappa shape index (κ3) is 4.23. The molecule has 0 saturated heterocycles. The van der Waals surface area contributed by atoms with Crippen molar-refractivity contribution in [3.05, 3.63) is 62.2 Å². The van der Waals surface area contributed by atoms with Crippen LogP contribution in [0.1, 0.15) is 43.0 Å². The SMILES string of the molecule is C=CCOC(=O)C1=C(C)Nc2nc(SCCCC)[nH]c(=O)c2[C@H]1c1cccs1. The van der Waals surface area contributed by atoms with Crippen molar-refractivity contribution < 1.29 is 9.53 Å². The van der Waals surface area contributed by atoms with Crippen LogP contribution in [0.15, 0.2) is 51.4 Å². The fourth-order valence-corrected chi connectivity index (χ4v) is 4.83. The molecule has 8 heteroatoms. The zero-order chi connectivity index (χ0) is 20.1. The summed E-state index contributed by atoms with van der Waals surface area (Å²) < 4.78 is 5.29. The van der Waals surface area contributed by atoms with Crippen molar-refractivity contribution in [1.82, 2.24) is 9.97 Å². The lowest BCUT2D eigenvalue weighted by Crippen LogP contribution is -2.30. The van der Waals surface area contributed by atoms with Crippen LogP contribution >= 0.6 is 23.1 Å². The van der Waals surface area contributed by atoms with Crippen LogP contribution in [0.2, 0.25) is 0 Å². The fourth-order valence-electron chi connectivity index (χ4n) is 3.04. The number of aromatic nitrogens is 2. The van der Waals surface area contributed by atoms with Gasteiger partial charge in [-0.05, 0) is 24.8 Å². The first kappa shape index (κ1) is 20.4. The predicted molar refractivity (Wildman–Crippen MR) is 114 cm³/mol. The number of hydrogen-bond acceptors (Lipinski definition) is 7. The zero-order valence-corrected chi connectivity index (χ0v) is 17.5. The average Bonchev–Trinajstić information content (AvgIpc) is 3.19. The number of thiophene rings is 1. The van der Waals surface area contributed by atoms with Gasteiger partial charge in [-0.2, -0.15) is 0 Å². The van der Waals surface area contributed by atoms with Crippen LogP contribution < -0.4 is 10.9 Å². The second-order valence-corrected chi connectivity index (χ2v) is 8.40. The van der Waals surface area contributed by atoms with Crippen LogP contribution in [-0.2, 0) is 9.53 Å². The molecular weight excluding hydrogens is 394 g/mol. The van der Waals surface area contributed by atoms with Gasteiger partial charge >= 0.3 is 5.97 Å². The Kier molecular flexibility index (Phi) is 6.74. The number of anilines is 1. The Morgan fingerprint density at radius 1 is 1.50 bits per heavy atom. The van der Waals surface area contributed by atoms with E-state index in [9.17, 15) is 9.59 Å². The van der Waals surface area contributed by atoms with E-state index >= 15 is 0 Å². The van der Waals surface area contributed by atoms with Gasteiger partial charge in [-0.3, -0.25) is 4.79 Å². The highest BCUT2D eigenvalue weighted by molar-refractivity contribution is 7.99. The summed E-state index contributed by atoms with van der Waals surface area (Å²) in [5.74, 6) is 0.411. The standard InChI is InChI=1S/C20H23N3O3S2/c1-4-6-10-28-20-22-17-16(18(24)23-20)15(13-8-7-11-27-13)14(12(3)21-17)19(25)26-9-5-2/h5,7-8,11,15H,2,4,6,9-10H2,1,3H3,(H2,21,22,23,24)/t15-/m0/s1. The van der Waals surface area contributed by atoms with Gasteiger partial charge in [0.1, 0.15) is 12.4 Å². The Bertz CT molecular complexity index is 948. The molecule has 1 atom stereocenters. The van der Waals surface area contributed by atoms with Gasteiger partial charge in [-0.25, -0.2) is 9.78 Å². The number of hydrogen-bond donors (Lipinski definition) is 2. The van der Waals surface area contributed by atoms with Crippen molar-refractivity contribution in [1.29, 1.82) is 0 Å². The summed E-state index contributed by atoms with van der Waals surface area (Å²) in [6.07, 6.45) is 3.65. The molecule has 3 heterocycles. The Morgan fingerprint density at radius 2 is 2.32 bits per heavy atom. The number of allylic oxidation sites excluding steroid dienone is 1. The number of carbonyl (C=O) groups excluding carboxylic acids is 1. The Hall–Kier alpha value is -2.32. The van der Waals surface area contributed by atoms with Crippen molar-refractivity contribution in [3.8, 4) is 0 Å². The van der Waals surface area contributed by atoms with E-state index in [1.165, 1.54) is 29.2 Å². The van der Waals surface area contributed by atoms with Crippen molar-refractivity contribution in [2.24, 2.45) is 0 Å². The number of unbranched alkanes of at least 4 members (excludes halogenated alkanes) is 1. The van der Waals surface area contributed by atoms with E-state index in [1.54, 1.807) is 6.92 Å². The highest BCUT2D eigenvalue weighted by atomic mass is 32.2. The molecule has 2 aromatic heterocycles. The van der Waals surface area contributed by atoms with Gasteiger partial charge in [0.2, 0.25) is 0 Å². The number of thioether (sulfide) groups is 1. The maximum absolute atomic E-state index is 13.0. The van der Waals surface area contributed by atoms with Gasteiger partial charge in [-0.15, -0.1) is 11.3 Å². The van der Waals surface area contributed by atoms with Gasteiger partial charge in [0.25, 0.3) is 5.56 Å². The van der Waals surface area contributed by atoms with Crippen molar-refractivity contribution in [2.45, 2.75) is 37.8 Å². The number of carbonyl (C=O) groups is 1. The highest BCUT2D eigenvalue weighted by Crippen LogP contribution is 2.41. The molecule has 1 aliphatic heterocycles. The zero-order valence-electron chi connectivity index (χ0n) is 15.9. The smallest absolute Gasteiger partial charge is 0.337 e. The van der Waals surface area contributed by atoms with Gasteiger partial charge in [-0.1, -0.05) is 43.8 Å². The number of rotatable bonds is 8. The van der Waals surface area contributed by atoms with E-state index in [-0.39, 0.29) is 12.2 Å². The van der Waals surface area contributed by atoms with Gasteiger partial charge in [0.05, 0.1) is 17.1 Å². The summed E-state index contributed by atoms with van der Waals surface area (Å²) in [4.78, 5) is 34.1. The molecule has 28 heavy (non-hydrogen) atoms. The summed E-state index contributed by atoms with van der Waals surface area (Å²) in [7, 11) is 0. The highest BCUT2D eigenvalue weighted by Gasteiger charge is 2.36. The molecular formula is C20H23N3O3S2. The number of esters is 1. The largest absolute Gasteiger partial charge is 0.458 e. The molecule has 2 aromatic rings. The fraction of sp³-hybridized carbons (Fsp3) is 0.350. The lowest BCUT2D eigenvalue weighted by atomic mass is 9.86. The summed E-state index contributed by atoms with van der Waals surface area (Å²) >= 11 is 3.02. The predicted octanol–water partition coefficient (Wildman–Crippen LogP) is 4.28. The first-order chi connectivity index (χ1) is 13.6. The Morgan fingerprint density at radius 3 is 3.00 bits per heavy atom. The van der Waals surface area contributed by atoms with Crippen LogP contribution in [0.3, 0.4) is 0 Å². The van der Waals surface area contributed by atoms with Crippen LogP contribution in [0, 0.1) is 0 Å². The van der Waals surface area contributed by atoms with Crippen molar-refractivity contribution >= 4 is 34.9 Å². The number of nitrogens with zero attached hydrogens (tertiary/aromatic N) is 1. The van der Waals surface area contributed by atoms with E-state index in [0.29, 0.717) is 27.8 Å². The van der Waals surface area contributed by atoms with E-state index < -0.39 is 11.9 Å². The molecule has 6 nitrogen and oxygen atoms in total. The van der Waals surface area contributed by atoms with Crippen LogP contribution in [0.5, 0.6) is 0 Å². The summed E-state index contributed by atoms with van der Waals surface area (Å²) in [5.41, 5.74) is 1.27. The average molecular weight is 418 g/mol. The second-order valence-electron chi connectivity index (χ2n) is 6.33. The number of nitrogens with one attached hydrogen (secondary N) is 2. The van der Waals surface area contributed by atoms with Crippen LogP contribution in [-0.4, -0.2) is 28.3 Å². The van der Waals surface area contributed by atoms with Crippen LogP contribution in [0.25, 0.3) is 0 Å². The van der Waals surface area contributed by atoms with E-state index in [2.05, 4.69) is 28.8 Å². The minimum Gasteiger partial charge on any atom is -0.458 e. The van der Waals surface area contributed by atoms with Gasteiger partial charge < -0.3 is 15.0 Å². The quantitative estimate of drug-likeness (QED) is 0.219. The maximum Gasteiger partial charge on any atom is 0.337 e. The number of ether oxygens (including phenoxy) is 1. The molecule has 0 radical (unpaired) electrons. The Labute approximate surface area is 172 Å².